The minimum Gasteiger partial charge on any atom is -0.508 e. The van der Waals surface area contributed by atoms with Gasteiger partial charge < -0.3 is 20.1 Å². The molecule has 4 atom stereocenters. The van der Waals surface area contributed by atoms with Gasteiger partial charge in [-0.2, -0.15) is 9.97 Å². The summed E-state index contributed by atoms with van der Waals surface area (Å²) in [7, 11) is 0. The number of phenolic OH excluding ortho intramolecular Hbond substituents is 1. The highest BCUT2D eigenvalue weighted by Gasteiger charge is 2.49. The van der Waals surface area contributed by atoms with E-state index in [0.29, 0.717) is 46.7 Å². The molecular formula is C35H36F2N6O2. The molecule has 4 saturated heterocycles. The molecule has 0 saturated carbocycles. The molecule has 8 rings (SSSR count). The first-order valence-electron chi connectivity index (χ1n) is 16.1. The Balaban J connectivity index is 1.26. The van der Waals surface area contributed by atoms with Crippen LogP contribution in [0.15, 0.2) is 30.5 Å². The maximum atomic E-state index is 16.8. The lowest BCUT2D eigenvalue weighted by atomic mass is 9.95. The van der Waals surface area contributed by atoms with Crippen LogP contribution < -0.4 is 15.0 Å². The zero-order chi connectivity index (χ0) is 30.9. The first-order valence-corrected chi connectivity index (χ1v) is 16.1. The Morgan fingerprint density at radius 2 is 1.96 bits per heavy atom. The third-order valence-corrected chi connectivity index (χ3v) is 10.6. The van der Waals surface area contributed by atoms with E-state index in [0.717, 1.165) is 64.6 Å². The number of rotatable bonds is 6. The maximum absolute atomic E-state index is 16.8. The van der Waals surface area contributed by atoms with Crippen molar-refractivity contribution in [1.82, 2.24) is 25.2 Å². The quantitative estimate of drug-likeness (QED) is 0.276. The number of pyridine rings is 1. The number of nitrogens with one attached hydrogen (secondary N) is 1. The number of benzene rings is 2. The molecule has 2 bridgehead atoms. The summed E-state index contributed by atoms with van der Waals surface area (Å²) in [6.45, 7) is 5.23. The van der Waals surface area contributed by atoms with E-state index in [9.17, 15) is 9.50 Å². The minimum absolute atomic E-state index is 0.0187. The smallest absolute Gasteiger partial charge is 0.319 e. The Morgan fingerprint density at radius 3 is 2.73 bits per heavy atom. The van der Waals surface area contributed by atoms with Crippen LogP contribution in [0.2, 0.25) is 0 Å². The summed E-state index contributed by atoms with van der Waals surface area (Å²) in [5.74, 6) is 1.58. The van der Waals surface area contributed by atoms with Gasteiger partial charge in [0, 0.05) is 48.4 Å². The molecule has 10 heteroatoms. The molecule has 0 amide bonds. The standard InChI is InChI=1S/C35H36F2N6O2/c1-3-23-10-12-35(11-5-13-43(23)35)19-45-34-40-32-27(33(41-34)42-17-21-7-8-22(18-42)39-21)16-38-31(30(32)37)26-15-24(44)14-20-6-9-28(36)25(4-2)29(20)26/h2,6,9,14-16,21-23,39,44H,3,5,7-8,10-13,17-19H2,1H3. The summed E-state index contributed by atoms with van der Waals surface area (Å²) in [6.07, 6.45) is 15.0. The van der Waals surface area contributed by atoms with Crippen LogP contribution in [0.5, 0.6) is 11.8 Å². The highest BCUT2D eigenvalue weighted by atomic mass is 19.1. The third-order valence-electron chi connectivity index (χ3n) is 10.6. The number of piperazine rings is 1. The fraction of sp³-hybridized carbons (Fsp3) is 0.457. The zero-order valence-corrected chi connectivity index (χ0v) is 25.3. The summed E-state index contributed by atoms with van der Waals surface area (Å²) in [6, 6.07) is 6.95. The molecule has 2 aromatic carbocycles. The van der Waals surface area contributed by atoms with E-state index in [-0.39, 0.29) is 39.6 Å². The number of aromatic hydroxyl groups is 1. The number of ether oxygens (including phenoxy) is 1. The fourth-order valence-corrected chi connectivity index (χ4v) is 8.48. The van der Waals surface area contributed by atoms with Gasteiger partial charge in [0.2, 0.25) is 0 Å². The molecule has 0 aliphatic carbocycles. The van der Waals surface area contributed by atoms with Crippen molar-refractivity contribution in [2.75, 3.05) is 31.1 Å². The average Bonchev–Trinajstić information content (AvgIpc) is 3.72. The van der Waals surface area contributed by atoms with Crippen LogP contribution in [-0.2, 0) is 0 Å². The number of hydrogen-bond donors (Lipinski definition) is 2. The highest BCUT2D eigenvalue weighted by Crippen LogP contribution is 2.44. The molecule has 4 aliphatic heterocycles. The van der Waals surface area contributed by atoms with E-state index in [1.165, 1.54) is 24.3 Å². The van der Waals surface area contributed by atoms with Gasteiger partial charge in [0.05, 0.1) is 16.5 Å². The monoisotopic (exact) mass is 610 g/mol. The fourth-order valence-electron chi connectivity index (χ4n) is 8.48. The Bertz CT molecular complexity index is 1870. The molecular weight excluding hydrogens is 574 g/mol. The second-order valence-electron chi connectivity index (χ2n) is 13.1. The molecule has 4 aromatic rings. The SMILES string of the molecule is C#Cc1c(F)ccc2cc(O)cc(-c3ncc4c(N5CC6CCC(C5)N6)nc(OCC56CCCN5C(CC)CC6)nc4c3F)c12. The lowest BCUT2D eigenvalue weighted by Crippen LogP contribution is -2.51. The van der Waals surface area contributed by atoms with Crippen molar-refractivity contribution in [2.24, 2.45) is 0 Å². The topological polar surface area (TPSA) is 86.6 Å². The van der Waals surface area contributed by atoms with Crippen LogP contribution in [-0.4, -0.2) is 74.9 Å². The number of hydrogen-bond acceptors (Lipinski definition) is 8. The number of terminal acetylenes is 1. The molecule has 4 fully saturated rings. The Hall–Kier alpha value is -4.07. The van der Waals surface area contributed by atoms with E-state index in [1.54, 1.807) is 6.20 Å². The molecule has 2 aromatic heterocycles. The number of nitrogens with zero attached hydrogens (tertiary/aromatic N) is 5. The number of fused-ring (bicyclic) bond motifs is 5. The second kappa shape index (κ2) is 10.8. The van der Waals surface area contributed by atoms with Gasteiger partial charge in [-0.25, -0.2) is 8.78 Å². The van der Waals surface area contributed by atoms with Gasteiger partial charge in [-0.3, -0.25) is 9.88 Å². The van der Waals surface area contributed by atoms with Gasteiger partial charge in [-0.05, 0) is 75.1 Å². The van der Waals surface area contributed by atoms with Gasteiger partial charge >= 0.3 is 6.01 Å². The van der Waals surface area contributed by atoms with E-state index in [2.05, 4.69) is 37.9 Å². The van der Waals surface area contributed by atoms with E-state index >= 15 is 4.39 Å². The van der Waals surface area contributed by atoms with Crippen LogP contribution in [0.3, 0.4) is 0 Å². The molecule has 2 N–H and O–H groups in total. The zero-order valence-electron chi connectivity index (χ0n) is 25.3. The Labute approximate surface area is 260 Å². The van der Waals surface area contributed by atoms with Crippen molar-refractivity contribution in [3.8, 4) is 35.4 Å². The summed E-state index contributed by atoms with van der Waals surface area (Å²) in [5.41, 5.74) is 0.112. The molecule has 232 valence electrons. The molecule has 6 heterocycles. The van der Waals surface area contributed by atoms with Gasteiger partial charge in [-0.1, -0.05) is 18.9 Å². The third kappa shape index (κ3) is 4.59. The van der Waals surface area contributed by atoms with Crippen LogP contribution in [0, 0.1) is 24.0 Å². The Kier molecular flexibility index (Phi) is 6.80. The van der Waals surface area contributed by atoms with E-state index < -0.39 is 11.6 Å². The van der Waals surface area contributed by atoms with Crippen LogP contribution >= 0.6 is 0 Å². The highest BCUT2D eigenvalue weighted by molar-refractivity contribution is 6.03. The summed E-state index contributed by atoms with van der Waals surface area (Å²) < 4.78 is 38.1. The van der Waals surface area contributed by atoms with Crippen molar-refractivity contribution >= 4 is 27.5 Å². The minimum atomic E-state index is -0.703. The van der Waals surface area contributed by atoms with Gasteiger partial charge in [-0.15, -0.1) is 6.42 Å². The van der Waals surface area contributed by atoms with Crippen molar-refractivity contribution in [3.05, 3.63) is 47.7 Å². The van der Waals surface area contributed by atoms with Gasteiger partial charge in [0.1, 0.15) is 35.2 Å². The van der Waals surface area contributed by atoms with Crippen molar-refractivity contribution < 1.29 is 18.6 Å². The number of halogens is 2. The largest absolute Gasteiger partial charge is 0.508 e. The molecule has 0 spiro atoms. The summed E-state index contributed by atoms with van der Waals surface area (Å²) in [4.78, 5) is 18.9. The summed E-state index contributed by atoms with van der Waals surface area (Å²) >= 11 is 0. The predicted molar refractivity (Wildman–Crippen MR) is 169 cm³/mol. The molecule has 4 unspecified atom stereocenters. The van der Waals surface area contributed by atoms with E-state index in [1.807, 2.05) is 0 Å². The number of anilines is 1. The van der Waals surface area contributed by atoms with Crippen LogP contribution in [0.1, 0.15) is 57.4 Å². The van der Waals surface area contributed by atoms with Gasteiger partial charge in [0.25, 0.3) is 0 Å². The number of phenols is 1. The lowest BCUT2D eigenvalue weighted by molar-refractivity contribution is 0.0836. The lowest BCUT2D eigenvalue weighted by Gasteiger charge is -2.35. The van der Waals surface area contributed by atoms with Crippen molar-refractivity contribution in [1.29, 1.82) is 0 Å². The first kappa shape index (κ1) is 28.4. The number of aromatic nitrogens is 3. The Morgan fingerprint density at radius 1 is 1.13 bits per heavy atom. The average molecular weight is 611 g/mol. The molecule has 45 heavy (non-hydrogen) atoms. The summed E-state index contributed by atoms with van der Waals surface area (Å²) in [5, 5.41) is 15.5. The van der Waals surface area contributed by atoms with Crippen molar-refractivity contribution in [2.45, 2.75) is 75.5 Å². The normalized spacial score (nSPS) is 26.1. The predicted octanol–water partition coefficient (Wildman–Crippen LogP) is 5.54. The molecule has 8 nitrogen and oxygen atoms in total. The molecule has 4 aliphatic rings. The van der Waals surface area contributed by atoms with Gasteiger partial charge in [0.15, 0.2) is 5.82 Å². The van der Waals surface area contributed by atoms with E-state index in [4.69, 9.17) is 16.1 Å². The second-order valence-corrected chi connectivity index (χ2v) is 13.1. The van der Waals surface area contributed by atoms with Crippen LogP contribution in [0.25, 0.3) is 32.9 Å². The molecule has 0 radical (unpaired) electrons. The maximum Gasteiger partial charge on any atom is 0.319 e. The van der Waals surface area contributed by atoms with Crippen molar-refractivity contribution in [3.63, 3.8) is 0 Å². The van der Waals surface area contributed by atoms with Crippen LogP contribution in [0.4, 0.5) is 14.6 Å². The first-order chi connectivity index (χ1) is 21.9.